The Morgan fingerprint density at radius 1 is 1.67 bits per heavy atom. The van der Waals surface area contributed by atoms with Gasteiger partial charge in [0.2, 0.25) is 5.95 Å². The molecule has 0 aromatic carbocycles. The molecule has 2 heterocycles. The molecule has 1 fully saturated rings. The molecule has 0 amide bonds. The quantitative estimate of drug-likeness (QED) is 0.550. The molecule has 1 aromatic rings. The molecule has 1 saturated heterocycles. The van der Waals surface area contributed by atoms with Crippen LogP contribution >= 0.6 is 0 Å². The summed E-state index contributed by atoms with van der Waals surface area (Å²) in [6.45, 7) is 1.83. The van der Waals surface area contributed by atoms with Crippen molar-refractivity contribution in [1.82, 2.24) is 9.55 Å². The maximum Gasteiger partial charge on any atom is 0.205 e. The minimum absolute atomic E-state index is 0.190. The molecule has 1 aliphatic heterocycles. The molecular weight excluding hydrogens is 190 g/mol. The lowest BCUT2D eigenvalue weighted by Crippen LogP contribution is -2.41. The molecule has 0 radical (unpaired) electrons. The normalized spacial score (nSPS) is 21.7. The van der Waals surface area contributed by atoms with E-state index in [0.29, 0.717) is 5.84 Å². The van der Waals surface area contributed by atoms with Crippen LogP contribution in [-0.4, -0.2) is 28.5 Å². The maximum atomic E-state index is 7.48. The SMILES string of the molecule is Cn1ccnc1N1CCCC(C(=N)N)C1. The Bertz CT molecular complexity index is 356. The third-order valence-electron chi connectivity index (χ3n) is 2.94. The molecule has 1 aliphatic rings. The molecule has 2 rings (SSSR count). The molecule has 5 nitrogen and oxygen atoms in total. The lowest BCUT2D eigenvalue weighted by Gasteiger charge is -2.32. The van der Waals surface area contributed by atoms with Gasteiger partial charge >= 0.3 is 0 Å². The summed E-state index contributed by atoms with van der Waals surface area (Å²) in [5.41, 5.74) is 5.55. The number of aryl methyl sites for hydroxylation is 1. The van der Waals surface area contributed by atoms with Gasteiger partial charge in [-0.05, 0) is 12.8 Å². The van der Waals surface area contributed by atoms with Gasteiger partial charge in [0.05, 0.1) is 5.84 Å². The number of aromatic nitrogens is 2. The minimum atomic E-state index is 0.190. The molecule has 3 N–H and O–H groups in total. The maximum absolute atomic E-state index is 7.48. The van der Waals surface area contributed by atoms with Crippen molar-refractivity contribution in [3.8, 4) is 0 Å². The van der Waals surface area contributed by atoms with Gasteiger partial charge in [-0.3, -0.25) is 5.41 Å². The van der Waals surface area contributed by atoms with Crippen molar-refractivity contribution >= 4 is 11.8 Å². The molecule has 1 aromatic heterocycles. The molecule has 0 spiro atoms. The van der Waals surface area contributed by atoms with E-state index >= 15 is 0 Å². The molecule has 1 unspecified atom stereocenters. The van der Waals surface area contributed by atoms with E-state index in [1.165, 1.54) is 0 Å². The van der Waals surface area contributed by atoms with Gasteiger partial charge in [0, 0.05) is 38.4 Å². The summed E-state index contributed by atoms with van der Waals surface area (Å²) in [5.74, 6) is 1.46. The van der Waals surface area contributed by atoms with Crippen molar-refractivity contribution in [3.63, 3.8) is 0 Å². The first-order valence-corrected chi connectivity index (χ1v) is 5.24. The van der Waals surface area contributed by atoms with Crippen LogP contribution in [0.4, 0.5) is 5.95 Å². The number of hydrogen-bond acceptors (Lipinski definition) is 3. The first kappa shape index (κ1) is 10.0. The van der Waals surface area contributed by atoms with Crippen molar-refractivity contribution in [1.29, 1.82) is 5.41 Å². The third kappa shape index (κ3) is 1.95. The topological polar surface area (TPSA) is 70.9 Å². The Labute approximate surface area is 89.4 Å². The molecule has 15 heavy (non-hydrogen) atoms. The highest BCUT2D eigenvalue weighted by atomic mass is 15.3. The average molecular weight is 207 g/mol. The number of imidazole rings is 1. The molecule has 1 atom stereocenters. The summed E-state index contributed by atoms with van der Waals surface area (Å²) in [4.78, 5) is 6.51. The van der Waals surface area contributed by atoms with Gasteiger partial charge in [-0.15, -0.1) is 0 Å². The number of nitrogens with two attached hydrogens (primary N) is 1. The Kier molecular flexibility index (Phi) is 2.62. The largest absolute Gasteiger partial charge is 0.387 e. The van der Waals surface area contributed by atoms with Crippen LogP contribution in [-0.2, 0) is 7.05 Å². The van der Waals surface area contributed by atoms with Crippen LogP contribution in [0.3, 0.4) is 0 Å². The first-order chi connectivity index (χ1) is 7.18. The Morgan fingerprint density at radius 2 is 2.47 bits per heavy atom. The highest BCUT2D eigenvalue weighted by Crippen LogP contribution is 2.20. The fraction of sp³-hybridized carbons (Fsp3) is 0.600. The smallest absolute Gasteiger partial charge is 0.205 e. The highest BCUT2D eigenvalue weighted by molar-refractivity contribution is 5.80. The number of anilines is 1. The predicted octanol–water partition coefficient (Wildman–Crippen LogP) is 0.572. The van der Waals surface area contributed by atoms with Crippen LogP contribution < -0.4 is 10.6 Å². The highest BCUT2D eigenvalue weighted by Gasteiger charge is 2.23. The average Bonchev–Trinajstić information content (AvgIpc) is 2.64. The van der Waals surface area contributed by atoms with E-state index in [0.717, 1.165) is 31.9 Å². The van der Waals surface area contributed by atoms with Crippen LogP contribution in [0.2, 0.25) is 0 Å². The molecule has 0 bridgehead atoms. The number of rotatable bonds is 2. The molecular formula is C10H17N5. The minimum Gasteiger partial charge on any atom is -0.387 e. The van der Waals surface area contributed by atoms with E-state index < -0.39 is 0 Å². The zero-order valence-electron chi connectivity index (χ0n) is 8.98. The molecule has 5 heteroatoms. The van der Waals surface area contributed by atoms with E-state index in [4.69, 9.17) is 11.1 Å². The number of amidine groups is 1. The summed E-state index contributed by atoms with van der Waals surface area (Å²) in [6.07, 6.45) is 5.84. The molecule has 0 saturated carbocycles. The second-order valence-corrected chi connectivity index (χ2v) is 4.08. The van der Waals surface area contributed by atoms with Crippen molar-refractivity contribution in [2.45, 2.75) is 12.8 Å². The van der Waals surface area contributed by atoms with Gasteiger partial charge in [-0.25, -0.2) is 4.98 Å². The number of nitrogens with zero attached hydrogens (tertiary/aromatic N) is 3. The lowest BCUT2D eigenvalue weighted by molar-refractivity contribution is 0.493. The second-order valence-electron chi connectivity index (χ2n) is 4.08. The van der Waals surface area contributed by atoms with Crippen molar-refractivity contribution in [3.05, 3.63) is 12.4 Å². The number of hydrogen-bond donors (Lipinski definition) is 2. The summed E-state index contributed by atoms with van der Waals surface area (Å²) in [7, 11) is 1.99. The zero-order chi connectivity index (χ0) is 10.8. The zero-order valence-corrected chi connectivity index (χ0v) is 8.98. The fourth-order valence-electron chi connectivity index (χ4n) is 2.08. The summed E-state index contributed by atoms with van der Waals surface area (Å²) < 4.78 is 2.00. The van der Waals surface area contributed by atoms with Gasteiger partial charge in [0.25, 0.3) is 0 Å². The fourth-order valence-corrected chi connectivity index (χ4v) is 2.08. The Hall–Kier alpha value is -1.52. The van der Waals surface area contributed by atoms with Crippen LogP contribution in [0.25, 0.3) is 0 Å². The summed E-state index contributed by atoms with van der Waals surface area (Å²) >= 11 is 0. The van der Waals surface area contributed by atoms with Gasteiger partial charge in [0.15, 0.2) is 0 Å². The van der Waals surface area contributed by atoms with Crippen LogP contribution in [0.15, 0.2) is 12.4 Å². The lowest BCUT2D eigenvalue weighted by atomic mass is 9.97. The molecule has 0 aliphatic carbocycles. The summed E-state index contributed by atoms with van der Waals surface area (Å²) in [6, 6.07) is 0. The first-order valence-electron chi connectivity index (χ1n) is 5.24. The van der Waals surface area contributed by atoms with Gasteiger partial charge in [0.1, 0.15) is 0 Å². The third-order valence-corrected chi connectivity index (χ3v) is 2.94. The monoisotopic (exact) mass is 207 g/mol. The van der Waals surface area contributed by atoms with Gasteiger partial charge in [-0.1, -0.05) is 0 Å². The predicted molar refractivity (Wildman–Crippen MR) is 60.1 cm³/mol. The van der Waals surface area contributed by atoms with Gasteiger partial charge < -0.3 is 15.2 Å². The van der Waals surface area contributed by atoms with E-state index in [9.17, 15) is 0 Å². The van der Waals surface area contributed by atoms with Gasteiger partial charge in [-0.2, -0.15) is 0 Å². The Balaban J connectivity index is 2.11. The standard InChI is InChI=1S/C10H17N5/c1-14-6-4-13-10(14)15-5-2-3-8(7-15)9(11)12/h4,6,8H,2-3,5,7H2,1H3,(H3,11,12). The van der Waals surface area contributed by atoms with Crippen LogP contribution in [0, 0.1) is 11.3 Å². The van der Waals surface area contributed by atoms with Crippen LogP contribution in [0.5, 0.6) is 0 Å². The van der Waals surface area contributed by atoms with Crippen LogP contribution in [0.1, 0.15) is 12.8 Å². The van der Waals surface area contributed by atoms with Crippen molar-refractivity contribution in [2.24, 2.45) is 18.7 Å². The van der Waals surface area contributed by atoms with E-state index in [1.54, 1.807) is 6.20 Å². The van der Waals surface area contributed by atoms with E-state index in [1.807, 2.05) is 17.8 Å². The van der Waals surface area contributed by atoms with E-state index in [-0.39, 0.29) is 5.92 Å². The summed E-state index contributed by atoms with van der Waals surface area (Å²) in [5, 5.41) is 7.48. The second kappa shape index (κ2) is 3.92. The number of piperidine rings is 1. The molecule has 82 valence electrons. The number of nitrogens with one attached hydrogen (secondary N) is 1. The van der Waals surface area contributed by atoms with Crippen molar-refractivity contribution in [2.75, 3.05) is 18.0 Å². The Morgan fingerprint density at radius 3 is 3.07 bits per heavy atom. The van der Waals surface area contributed by atoms with Crippen molar-refractivity contribution < 1.29 is 0 Å². The van der Waals surface area contributed by atoms with E-state index in [2.05, 4.69) is 9.88 Å².